The fourth-order valence-electron chi connectivity index (χ4n) is 3.38. The van der Waals surface area contributed by atoms with Crippen molar-refractivity contribution >= 4 is 10.1 Å². The molecule has 0 saturated heterocycles. The zero-order chi connectivity index (χ0) is 20.2. The summed E-state index contributed by atoms with van der Waals surface area (Å²) < 4.78 is 39.4. The summed E-state index contributed by atoms with van der Waals surface area (Å²) in [7, 11) is -4.35. The van der Waals surface area contributed by atoms with E-state index in [1.54, 1.807) is 0 Å². The van der Waals surface area contributed by atoms with E-state index in [1.807, 2.05) is 0 Å². The van der Waals surface area contributed by atoms with Gasteiger partial charge in [-0.1, -0.05) is 110 Å². The third-order valence-corrected chi connectivity index (χ3v) is 6.18. The Morgan fingerprint density at radius 2 is 1.00 bits per heavy atom. The minimum atomic E-state index is -4.35. The molecule has 0 spiro atoms. The largest absolute Gasteiger partial charge is 1.00 e. The Kier molecular flexibility index (Phi) is 26.2. The molecule has 0 aromatic rings. The van der Waals surface area contributed by atoms with Gasteiger partial charge in [0.05, 0.1) is 0 Å². The molecule has 0 heterocycles. The molecule has 0 amide bonds. The molecule has 28 heavy (non-hydrogen) atoms. The fourth-order valence-corrected chi connectivity index (χ4v) is 4.10. The first-order chi connectivity index (χ1) is 13.0. The molecule has 0 rings (SSSR count). The Balaban J connectivity index is 0. The monoisotopic (exact) mass is 444 g/mol. The van der Waals surface area contributed by atoms with Crippen molar-refractivity contribution in [3.05, 3.63) is 0 Å². The predicted octanol–water partition coefficient (Wildman–Crippen LogP) is 3.94. The topological polar surface area (TPSA) is 66.4 Å². The molecule has 0 aliphatic heterocycles. The van der Waals surface area contributed by atoms with Gasteiger partial charge in [0.25, 0.3) is 0 Å². The first-order valence-corrected chi connectivity index (χ1v) is 13.1. The van der Waals surface area contributed by atoms with Gasteiger partial charge in [-0.2, -0.15) is 0 Å². The zero-order valence-electron chi connectivity index (χ0n) is 19.1. The summed E-state index contributed by atoms with van der Waals surface area (Å²) in [6.07, 6.45) is 20.6. The molecular formula is C22H45KO4S. The van der Waals surface area contributed by atoms with Crippen molar-refractivity contribution in [2.24, 2.45) is 0 Å². The molecule has 1 atom stereocenters. The van der Waals surface area contributed by atoms with Crippen molar-refractivity contribution in [2.45, 2.75) is 135 Å². The van der Waals surface area contributed by atoms with Gasteiger partial charge in [0.2, 0.25) is 0 Å². The number of rotatable bonds is 21. The number of hydrogen-bond donors (Lipinski definition) is 0. The smallest absolute Gasteiger partial charge is 0.746 e. The minimum absolute atomic E-state index is 0. The molecule has 164 valence electrons. The molecule has 0 aromatic carbocycles. The molecule has 0 aliphatic rings. The first kappa shape index (κ1) is 31.7. The van der Waals surface area contributed by atoms with Crippen molar-refractivity contribution in [3.63, 3.8) is 0 Å². The van der Waals surface area contributed by atoms with Crippen LogP contribution in [-0.2, 0) is 14.9 Å². The molecule has 6 heteroatoms. The van der Waals surface area contributed by atoms with Crippen molar-refractivity contribution in [3.8, 4) is 0 Å². The Bertz CT molecular complexity index is 401. The van der Waals surface area contributed by atoms with E-state index in [2.05, 4.69) is 13.8 Å². The van der Waals surface area contributed by atoms with Crippen LogP contribution in [0, 0.1) is 0 Å². The van der Waals surface area contributed by atoms with Crippen molar-refractivity contribution in [1.82, 2.24) is 0 Å². The summed E-state index contributed by atoms with van der Waals surface area (Å²) >= 11 is 0. The number of ether oxygens (including phenoxy) is 1. The van der Waals surface area contributed by atoms with Gasteiger partial charge in [-0.05, 0) is 19.3 Å². The van der Waals surface area contributed by atoms with Crippen LogP contribution in [0.5, 0.6) is 0 Å². The summed E-state index contributed by atoms with van der Waals surface area (Å²) in [5, 5.41) is 0. The van der Waals surface area contributed by atoms with Crippen molar-refractivity contribution in [1.29, 1.82) is 0 Å². The molecule has 0 N–H and O–H groups in total. The third-order valence-electron chi connectivity index (χ3n) is 5.17. The molecule has 0 saturated carbocycles. The van der Waals surface area contributed by atoms with E-state index in [0.29, 0.717) is 13.0 Å². The molecule has 0 radical (unpaired) electrons. The summed E-state index contributed by atoms with van der Waals surface area (Å²) in [5.74, 6) is 0. The van der Waals surface area contributed by atoms with Gasteiger partial charge in [0, 0.05) is 6.61 Å². The zero-order valence-corrected chi connectivity index (χ0v) is 23.0. The van der Waals surface area contributed by atoms with E-state index < -0.39 is 15.6 Å². The summed E-state index contributed by atoms with van der Waals surface area (Å²) in [4.78, 5) is 0. The molecule has 0 aliphatic carbocycles. The Hall–Kier alpha value is 1.51. The van der Waals surface area contributed by atoms with E-state index in [-0.39, 0.29) is 51.4 Å². The standard InChI is InChI=1S/C22H46O4S.K/c1-3-5-7-9-10-11-12-13-14-15-17-19-21-26-22(27(23,24)25)20-18-16-8-6-4-2;/h22H,3-21H2,1-2H3,(H,23,24,25);/q;+1/p-1. The first-order valence-electron chi connectivity index (χ1n) is 11.6. The van der Waals surface area contributed by atoms with Gasteiger partial charge in [0.15, 0.2) is 0 Å². The van der Waals surface area contributed by atoms with E-state index in [4.69, 9.17) is 4.74 Å². The van der Waals surface area contributed by atoms with Gasteiger partial charge in [-0.25, -0.2) is 8.42 Å². The average molecular weight is 445 g/mol. The fraction of sp³-hybridized carbons (Fsp3) is 1.00. The second-order valence-electron chi connectivity index (χ2n) is 7.89. The molecule has 0 aromatic heterocycles. The van der Waals surface area contributed by atoms with E-state index >= 15 is 0 Å². The molecule has 0 fully saturated rings. The summed E-state index contributed by atoms with van der Waals surface area (Å²) in [5.41, 5.74) is -1.15. The molecule has 0 bridgehead atoms. The van der Waals surface area contributed by atoms with Crippen LogP contribution in [0.1, 0.15) is 129 Å². The molecule has 1 unspecified atom stereocenters. The Morgan fingerprint density at radius 3 is 1.39 bits per heavy atom. The third kappa shape index (κ3) is 22.2. The number of hydrogen-bond acceptors (Lipinski definition) is 4. The molecule has 4 nitrogen and oxygen atoms in total. The Morgan fingerprint density at radius 1 is 0.643 bits per heavy atom. The predicted molar refractivity (Wildman–Crippen MR) is 114 cm³/mol. The maximum absolute atomic E-state index is 11.3. The SMILES string of the molecule is CCCCCCCCCCCCCCOC(CCCCCCC)S(=O)(=O)[O-].[K+]. The second-order valence-corrected chi connectivity index (χ2v) is 9.40. The normalized spacial score (nSPS) is 12.7. The van der Waals surface area contributed by atoms with E-state index in [9.17, 15) is 13.0 Å². The van der Waals surface area contributed by atoms with Crippen LogP contribution in [0.3, 0.4) is 0 Å². The maximum atomic E-state index is 11.3. The van der Waals surface area contributed by atoms with Crippen LogP contribution in [0.4, 0.5) is 0 Å². The van der Waals surface area contributed by atoms with Crippen LogP contribution in [0.2, 0.25) is 0 Å². The van der Waals surface area contributed by atoms with E-state index in [1.165, 1.54) is 64.2 Å². The van der Waals surface area contributed by atoms with Gasteiger partial charge in [-0.15, -0.1) is 0 Å². The van der Waals surface area contributed by atoms with Crippen molar-refractivity contribution < 1.29 is 69.1 Å². The van der Waals surface area contributed by atoms with Crippen LogP contribution in [0.25, 0.3) is 0 Å². The van der Waals surface area contributed by atoms with Crippen molar-refractivity contribution in [2.75, 3.05) is 6.61 Å². The van der Waals surface area contributed by atoms with E-state index in [0.717, 1.165) is 44.9 Å². The van der Waals surface area contributed by atoms with Crippen LogP contribution >= 0.6 is 0 Å². The summed E-state index contributed by atoms with van der Waals surface area (Å²) in [6.45, 7) is 4.78. The average Bonchev–Trinajstić information content (AvgIpc) is 2.62. The van der Waals surface area contributed by atoms with Gasteiger partial charge in [-0.3, -0.25) is 0 Å². The second kappa shape index (κ2) is 23.2. The van der Waals surface area contributed by atoms with Crippen LogP contribution < -0.4 is 51.4 Å². The van der Waals surface area contributed by atoms with Crippen LogP contribution in [0.15, 0.2) is 0 Å². The number of unbranched alkanes of at least 4 members (excludes halogenated alkanes) is 15. The quantitative estimate of drug-likeness (QED) is 0.153. The van der Waals surface area contributed by atoms with Gasteiger partial charge < -0.3 is 9.29 Å². The van der Waals surface area contributed by atoms with Gasteiger partial charge >= 0.3 is 51.4 Å². The minimum Gasteiger partial charge on any atom is -0.746 e. The van der Waals surface area contributed by atoms with Crippen LogP contribution in [-0.4, -0.2) is 25.0 Å². The van der Waals surface area contributed by atoms with Gasteiger partial charge in [0.1, 0.15) is 15.6 Å². The Labute approximate surface area is 218 Å². The summed E-state index contributed by atoms with van der Waals surface area (Å²) in [6, 6.07) is 0. The maximum Gasteiger partial charge on any atom is 1.00 e. The molecular weight excluding hydrogens is 399 g/mol.